The highest BCUT2D eigenvalue weighted by molar-refractivity contribution is 6.00. The van der Waals surface area contributed by atoms with Crippen molar-refractivity contribution in [1.82, 2.24) is 0 Å². The van der Waals surface area contributed by atoms with Crippen LogP contribution in [-0.4, -0.2) is 13.1 Å². The van der Waals surface area contributed by atoms with Crippen LogP contribution in [-0.2, 0) is 6.67 Å². The van der Waals surface area contributed by atoms with Gasteiger partial charge in [-0.1, -0.05) is 18.2 Å². The van der Waals surface area contributed by atoms with Crippen molar-refractivity contribution in [3.63, 3.8) is 0 Å². The zero-order chi connectivity index (χ0) is 15.2. The van der Waals surface area contributed by atoms with E-state index < -0.39 is 18.5 Å². The number of urea groups is 1. The molecule has 0 spiro atoms. The molecule has 4 nitrogen and oxygen atoms in total. The second kappa shape index (κ2) is 6.69. The summed E-state index contributed by atoms with van der Waals surface area (Å²) in [4.78, 5) is 11.9. The van der Waals surface area contributed by atoms with Gasteiger partial charge in [-0.15, -0.1) is 0 Å². The minimum atomic E-state index is -0.659. The molecule has 2 aromatic carbocycles. The van der Waals surface area contributed by atoms with Gasteiger partial charge >= 0.3 is 6.03 Å². The van der Waals surface area contributed by atoms with Crippen molar-refractivity contribution in [1.29, 1.82) is 0 Å². The number of alkyl halides is 1. The van der Waals surface area contributed by atoms with Crippen LogP contribution >= 0.6 is 0 Å². The molecule has 21 heavy (non-hydrogen) atoms. The maximum atomic E-state index is 13.4. The minimum Gasteiger partial charge on any atom is -0.495 e. The van der Waals surface area contributed by atoms with E-state index in [1.54, 1.807) is 18.2 Å². The first kappa shape index (κ1) is 14.8. The number of rotatable bonds is 4. The number of halogens is 2. The van der Waals surface area contributed by atoms with Crippen LogP contribution in [0.5, 0.6) is 5.75 Å². The molecule has 0 radical (unpaired) electrons. The number of carbonyl (C=O) groups excluding carboxylic acids is 1. The van der Waals surface area contributed by atoms with Crippen molar-refractivity contribution in [2.24, 2.45) is 0 Å². The van der Waals surface area contributed by atoms with E-state index in [1.807, 2.05) is 0 Å². The zero-order valence-corrected chi connectivity index (χ0v) is 11.3. The van der Waals surface area contributed by atoms with E-state index in [2.05, 4.69) is 10.6 Å². The van der Waals surface area contributed by atoms with Crippen molar-refractivity contribution in [2.45, 2.75) is 6.67 Å². The fraction of sp³-hybridized carbons (Fsp3) is 0.133. The van der Waals surface area contributed by atoms with Gasteiger partial charge in [-0.25, -0.2) is 13.6 Å². The van der Waals surface area contributed by atoms with Gasteiger partial charge in [-0.2, -0.15) is 0 Å². The quantitative estimate of drug-likeness (QED) is 0.896. The van der Waals surface area contributed by atoms with E-state index in [9.17, 15) is 13.6 Å². The van der Waals surface area contributed by atoms with E-state index in [4.69, 9.17) is 4.74 Å². The van der Waals surface area contributed by atoms with Gasteiger partial charge in [0, 0.05) is 0 Å². The second-order valence-electron chi connectivity index (χ2n) is 4.23. The summed E-state index contributed by atoms with van der Waals surface area (Å²) in [7, 11) is 1.43. The molecule has 0 unspecified atom stereocenters. The molecule has 2 aromatic rings. The highest BCUT2D eigenvalue weighted by Crippen LogP contribution is 2.26. The molecule has 0 saturated carbocycles. The average molecular weight is 292 g/mol. The summed E-state index contributed by atoms with van der Waals surface area (Å²) in [5.41, 5.74) is 0.758. The Morgan fingerprint density at radius 2 is 1.86 bits per heavy atom. The van der Waals surface area contributed by atoms with Crippen molar-refractivity contribution >= 4 is 17.4 Å². The predicted molar refractivity (Wildman–Crippen MR) is 76.8 cm³/mol. The van der Waals surface area contributed by atoms with Crippen LogP contribution in [0, 0.1) is 5.82 Å². The highest BCUT2D eigenvalue weighted by Gasteiger charge is 2.10. The van der Waals surface area contributed by atoms with E-state index >= 15 is 0 Å². The Bertz CT molecular complexity index is 647. The fourth-order valence-corrected chi connectivity index (χ4v) is 1.77. The third kappa shape index (κ3) is 3.68. The molecule has 2 rings (SSSR count). The van der Waals surface area contributed by atoms with Gasteiger partial charge in [0.05, 0.1) is 18.5 Å². The number of nitrogens with one attached hydrogen (secondary N) is 2. The number of amides is 2. The maximum absolute atomic E-state index is 13.4. The summed E-state index contributed by atoms with van der Waals surface area (Å²) in [6.45, 7) is -0.659. The lowest BCUT2D eigenvalue weighted by molar-refractivity contribution is 0.262. The monoisotopic (exact) mass is 292 g/mol. The number of benzene rings is 2. The number of methoxy groups -OCH3 is 1. The first-order valence-corrected chi connectivity index (χ1v) is 6.19. The van der Waals surface area contributed by atoms with E-state index in [1.165, 1.54) is 31.4 Å². The SMILES string of the molecule is COc1ccc(CF)cc1NC(=O)Nc1ccccc1F. The molecular formula is C15H14F2N2O2. The molecule has 0 aliphatic carbocycles. The first-order valence-electron chi connectivity index (χ1n) is 6.19. The fourth-order valence-electron chi connectivity index (χ4n) is 1.77. The Morgan fingerprint density at radius 1 is 1.14 bits per heavy atom. The first-order chi connectivity index (χ1) is 10.1. The van der Waals surface area contributed by atoms with Crippen LogP contribution in [0.4, 0.5) is 25.0 Å². The van der Waals surface area contributed by atoms with Crippen molar-refractivity contribution in [2.75, 3.05) is 17.7 Å². The normalized spacial score (nSPS) is 10.0. The van der Waals surface area contributed by atoms with Crippen LogP contribution in [0.1, 0.15) is 5.56 Å². The number of anilines is 2. The smallest absolute Gasteiger partial charge is 0.323 e. The molecule has 6 heteroatoms. The largest absolute Gasteiger partial charge is 0.495 e. The molecule has 0 aliphatic rings. The van der Waals surface area contributed by atoms with Gasteiger partial charge in [0.2, 0.25) is 0 Å². The van der Waals surface area contributed by atoms with Gasteiger partial charge in [-0.05, 0) is 29.8 Å². The topological polar surface area (TPSA) is 50.4 Å². The van der Waals surface area contributed by atoms with E-state index in [-0.39, 0.29) is 5.69 Å². The Kier molecular flexibility index (Phi) is 4.71. The molecule has 0 fully saturated rings. The molecule has 0 bridgehead atoms. The summed E-state index contributed by atoms with van der Waals surface area (Å²) < 4.78 is 31.2. The van der Waals surface area contributed by atoms with Crippen LogP contribution in [0.2, 0.25) is 0 Å². The molecule has 2 N–H and O–H groups in total. The number of hydrogen-bond acceptors (Lipinski definition) is 2. The van der Waals surface area contributed by atoms with Crippen molar-refractivity contribution in [3.8, 4) is 5.75 Å². The minimum absolute atomic E-state index is 0.0515. The summed E-state index contributed by atoms with van der Waals surface area (Å²) in [5.74, 6) is -0.159. The number of ether oxygens (including phenoxy) is 1. The molecule has 2 amide bonds. The van der Waals surface area contributed by atoms with Crippen LogP contribution < -0.4 is 15.4 Å². The predicted octanol–water partition coefficient (Wildman–Crippen LogP) is 3.95. The highest BCUT2D eigenvalue weighted by atomic mass is 19.1. The molecule has 0 saturated heterocycles. The Morgan fingerprint density at radius 3 is 2.52 bits per heavy atom. The lowest BCUT2D eigenvalue weighted by atomic mass is 10.2. The number of para-hydroxylation sites is 1. The zero-order valence-electron chi connectivity index (χ0n) is 11.3. The van der Waals surface area contributed by atoms with Gasteiger partial charge < -0.3 is 15.4 Å². The lowest BCUT2D eigenvalue weighted by Gasteiger charge is -2.12. The summed E-state index contributed by atoms with van der Waals surface area (Å²) >= 11 is 0. The van der Waals surface area contributed by atoms with Crippen molar-refractivity contribution < 1.29 is 18.3 Å². The van der Waals surface area contributed by atoms with E-state index in [0.717, 1.165) is 0 Å². The van der Waals surface area contributed by atoms with E-state index in [0.29, 0.717) is 17.0 Å². The summed E-state index contributed by atoms with van der Waals surface area (Å²) in [5, 5.41) is 4.88. The summed E-state index contributed by atoms with van der Waals surface area (Å²) in [6, 6.07) is 9.71. The van der Waals surface area contributed by atoms with Crippen LogP contribution in [0.25, 0.3) is 0 Å². The molecule has 0 heterocycles. The molecular weight excluding hydrogens is 278 g/mol. The molecule has 0 aromatic heterocycles. The number of hydrogen-bond donors (Lipinski definition) is 2. The molecule has 110 valence electrons. The van der Waals surface area contributed by atoms with Crippen LogP contribution in [0.3, 0.4) is 0 Å². The third-order valence-electron chi connectivity index (χ3n) is 2.79. The van der Waals surface area contributed by atoms with Crippen molar-refractivity contribution in [3.05, 3.63) is 53.8 Å². The van der Waals surface area contributed by atoms with Gasteiger partial charge in [0.1, 0.15) is 18.2 Å². The third-order valence-corrected chi connectivity index (χ3v) is 2.79. The average Bonchev–Trinajstić information content (AvgIpc) is 2.49. The maximum Gasteiger partial charge on any atom is 0.323 e. The Hall–Kier alpha value is -2.63. The van der Waals surface area contributed by atoms with Gasteiger partial charge in [0.25, 0.3) is 0 Å². The van der Waals surface area contributed by atoms with Gasteiger partial charge in [0.15, 0.2) is 0 Å². The van der Waals surface area contributed by atoms with Crippen LogP contribution in [0.15, 0.2) is 42.5 Å². The lowest BCUT2D eigenvalue weighted by Crippen LogP contribution is -2.20. The number of carbonyl (C=O) groups is 1. The van der Waals surface area contributed by atoms with Gasteiger partial charge in [-0.3, -0.25) is 0 Å². The Balaban J connectivity index is 2.14. The summed E-state index contributed by atoms with van der Waals surface area (Å²) in [6.07, 6.45) is 0. The standard InChI is InChI=1S/C15H14F2N2O2/c1-21-14-7-6-10(9-16)8-13(14)19-15(20)18-12-5-3-2-4-11(12)17/h2-8H,9H2,1H3,(H2,18,19,20). The molecule has 0 atom stereocenters. The Labute approximate surface area is 120 Å². The molecule has 0 aliphatic heterocycles. The second-order valence-corrected chi connectivity index (χ2v) is 4.23.